The second-order valence-electron chi connectivity index (χ2n) is 10.4. The van der Waals surface area contributed by atoms with Crippen molar-refractivity contribution in [3.63, 3.8) is 0 Å². The van der Waals surface area contributed by atoms with Crippen molar-refractivity contribution in [1.82, 2.24) is 9.81 Å². The summed E-state index contributed by atoms with van der Waals surface area (Å²) >= 11 is 0. The number of nitrogens with two attached hydrogens (primary N) is 1. The maximum absolute atomic E-state index is 12.4. The number of piperidine rings is 1. The van der Waals surface area contributed by atoms with E-state index >= 15 is 0 Å². The molecule has 0 spiro atoms. The number of amides is 1. The number of carbonyl (C=O) groups excluding carboxylic acids is 1. The van der Waals surface area contributed by atoms with Gasteiger partial charge in [0.25, 0.3) is 0 Å². The van der Waals surface area contributed by atoms with E-state index in [-0.39, 0.29) is 11.4 Å². The minimum absolute atomic E-state index is 0.135. The van der Waals surface area contributed by atoms with Gasteiger partial charge in [0.2, 0.25) is 10.0 Å². The molecule has 6 heteroatoms. The third-order valence-corrected chi connectivity index (χ3v) is 7.78. The molecule has 1 amide bonds. The van der Waals surface area contributed by atoms with Gasteiger partial charge in [0, 0.05) is 17.0 Å². The maximum Gasteiger partial charge on any atom is 0.360 e. The quantitative estimate of drug-likeness (QED) is 0.345. The highest BCUT2D eigenvalue weighted by molar-refractivity contribution is 5.94. The standard InChI is InChI=1S/C30H34N5O/c1-35-19-16-24(17-20-35)23-7-9-26(10-8-23)29(36)33-34-32-27-13-11-25(12-14-27)28-21-30(28,31)18-15-22-5-3-2-4-6-22/h2-14,24,28H,15-21,31H2,1H3/q+1. The molecule has 1 heterocycles. The van der Waals surface area contributed by atoms with Gasteiger partial charge in [-0.25, -0.2) is 0 Å². The SMILES string of the molecule is CN1CCC(c2ccc(C(=O)N=[N+]=Nc3ccc(C4CC4(N)CCc4ccccc4)cc3)cc2)CC1. The van der Waals surface area contributed by atoms with E-state index in [1.807, 2.05) is 42.5 Å². The van der Waals surface area contributed by atoms with Gasteiger partial charge in [-0.2, -0.15) is 0 Å². The molecule has 0 radical (unpaired) electrons. The Morgan fingerprint density at radius 1 is 0.972 bits per heavy atom. The number of carbonyl (C=O) groups is 1. The Morgan fingerprint density at radius 2 is 1.64 bits per heavy atom. The summed E-state index contributed by atoms with van der Waals surface area (Å²) in [6.45, 7) is 2.23. The summed E-state index contributed by atoms with van der Waals surface area (Å²) in [5.41, 5.74) is 11.5. The molecule has 1 aliphatic heterocycles. The van der Waals surface area contributed by atoms with E-state index in [1.165, 1.54) is 16.7 Å². The molecule has 3 aromatic rings. The lowest BCUT2D eigenvalue weighted by Crippen LogP contribution is -2.29. The van der Waals surface area contributed by atoms with Crippen LogP contribution in [0.15, 0.2) is 89.1 Å². The van der Waals surface area contributed by atoms with Gasteiger partial charge in [0.1, 0.15) is 0 Å². The second kappa shape index (κ2) is 10.7. The molecule has 5 rings (SSSR count). The van der Waals surface area contributed by atoms with Crippen molar-refractivity contribution in [2.45, 2.75) is 49.5 Å². The number of benzene rings is 3. The number of nitrogens with zero attached hydrogens (tertiary/aromatic N) is 4. The van der Waals surface area contributed by atoms with Crippen LogP contribution in [0.3, 0.4) is 0 Å². The lowest BCUT2D eigenvalue weighted by Gasteiger charge is -2.29. The number of rotatable bonds is 7. The normalized spacial score (nSPS) is 22.0. The smallest absolute Gasteiger partial charge is 0.325 e. The molecule has 36 heavy (non-hydrogen) atoms. The van der Waals surface area contributed by atoms with Crippen LogP contribution in [0.5, 0.6) is 0 Å². The number of aryl methyl sites for hydroxylation is 1. The van der Waals surface area contributed by atoms with Gasteiger partial charge in [-0.1, -0.05) is 54.6 Å². The molecule has 2 fully saturated rings. The predicted octanol–water partition coefficient (Wildman–Crippen LogP) is 5.76. The molecule has 2 atom stereocenters. The predicted molar refractivity (Wildman–Crippen MR) is 142 cm³/mol. The fraction of sp³-hybridized carbons (Fsp3) is 0.367. The molecule has 0 aromatic heterocycles. The highest BCUT2D eigenvalue weighted by Gasteiger charge is 2.50. The molecule has 2 unspecified atom stereocenters. The zero-order valence-electron chi connectivity index (χ0n) is 20.9. The Hall–Kier alpha value is -3.44. The molecule has 1 saturated heterocycles. The second-order valence-corrected chi connectivity index (χ2v) is 10.4. The van der Waals surface area contributed by atoms with Crippen LogP contribution in [0.25, 0.3) is 0 Å². The summed E-state index contributed by atoms with van der Waals surface area (Å²) in [6.07, 6.45) is 5.28. The molecular formula is C30H34N5O+. The first-order chi connectivity index (χ1) is 17.5. The van der Waals surface area contributed by atoms with Gasteiger partial charge in [-0.15, -0.1) is 0 Å². The molecule has 6 nitrogen and oxygen atoms in total. The van der Waals surface area contributed by atoms with E-state index in [4.69, 9.17) is 5.73 Å². The Balaban J connectivity index is 1.14. The molecule has 2 aliphatic rings. The number of hydrogen-bond acceptors (Lipinski definition) is 4. The van der Waals surface area contributed by atoms with E-state index in [9.17, 15) is 4.79 Å². The largest absolute Gasteiger partial charge is 0.360 e. The first-order valence-corrected chi connectivity index (χ1v) is 12.9. The van der Waals surface area contributed by atoms with Gasteiger partial charge in [0.05, 0.1) is 0 Å². The summed E-state index contributed by atoms with van der Waals surface area (Å²) in [5, 5.41) is 7.89. The van der Waals surface area contributed by atoms with E-state index in [1.54, 1.807) is 0 Å². The average molecular weight is 481 g/mol. The van der Waals surface area contributed by atoms with Crippen LogP contribution < -0.4 is 10.6 Å². The van der Waals surface area contributed by atoms with Crippen molar-refractivity contribution in [3.05, 3.63) is 101 Å². The Morgan fingerprint density at radius 3 is 2.33 bits per heavy atom. The van der Waals surface area contributed by atoms with Crippen LogP contribution in [0.2, 0.25) is 0 Å². The van der Waals surface area contributed by atoms with Crippen molar-refractivity contribution in [1.29, 1.82) is 0 Å². The van der Waals surface area contributed by atoms with Crippen LogP contribution in [0.1, 0.15) is 64.6 Å². The first kappa shape index (κ1) is 24.3. The minimum atomic E-state index is -0.380. The Labute approximate surface area is 213 Å². The first-order valence-electron chi connectivity index (χ1n) is 12.9. The van der Waals surface area contributed by atoms with Gasteiger partial charge < -0.3 is 10.6 Å². The zero-order valence-corrected chi connectivity index (χ0v) is 20.9. The number of likely N-dealkylation sites (tertiary alicyclic amines) is 1. The van der Waals surface area contributed by atoms with E-state index < -0.39 is 0 Å². The fourth-order valence-corrected chi connectivity index (χ4v) is 5.25. The van der Waals surface area contributed by atoms with Crippen LogP contribution in [-0.2, 0) is 6.42 Å². The lowest BCUT2D eigenvalue weighted by atomic mass is 9.89. The minimum Gasteiger partial charge on any atom is -0.325 e. The highest BCUT2D eigenvalue weighted by atomic mass is 16.1. The summed E-state index contributed by atoms with van der Waals surface area (Å²) < 4.78 is 0. The van der Waals surface area contributed by atoms with Gasteiger partial charge in [-0.3, -0.25) is 4.79 Å². The molecule has 3 aromatic carbocycles. The van der Waals surface area contributed by atoms with Crippen molar-refractivity contribution in [2.75, 3.05) is 20.1 Å². The zero-order chi connectivity index (χ0) is 25.0. The molecule has 0 bridgehead atoms. The molecule has 1 saturated carbocycles. The monoisotopic (exact) mass is 480 g/mol. The van der Waals surface area contributed by atoms with Crippen LogP contribution in [-0.4, -0.2) is 36.5 Å². The molecule has 2 N–H and O–H groups in total. The van der Waals surface area contributed by atoms with E-state index in [0.29, 0.717) is 23.1 Å². The van der Waals surface area contributed by atoms with Crippen molar-refractivity contribution < 1.29 is 4.79 Å². The summed E-state index contributed by atoms with van der Waals surface area (Å²) in [5.74, 6) is 0.555. The molecular weight excluding hydrogens is 446 g/mol. The lowest BCUT2D eigenvalue weighted by molar-refractivity contribution is 0.0992. The van der Waals surface area contributed by atoms with Gasteiger partial charge >= 0.3 is 5.91 Å². The summed E-state index contributed by atoms with van der Waals surface area (Å²) in [6, 6.07) is 26.2. The summed E-state index contributed by atoms with van der Waals surface area (Å²) in [4.78, 5) is 18.6. The van der Waals surface area contributed by atoms with E-state index in [2.05, 4.69) is 63.5 Å². The molecule has 184 valence electrons. The summed E-state index contributed by atoms with van der Waals surface area (Å²) in [7, 11) is 2.16. The highest BCUT2D eigenvalue weighted by Crippen LogP contribution is 2.52. The van der Waals surface area contributed by atoms with Crippen LogP contribution in [0, 0.1) is 0 Å². The van der Waals surface area contributed by atoms with Gasteiger partial charge in [0.15, 0.2) is 10.8 Å². The fourth-order valence-electron chi connectivity index (χ4n) is 5.25. The van der Waals surface area contributed by atoms with E-state index in [0.717, 1.165) is 45.2 Å². The molecule has 1 aliphatic carbocycles. The van der Waals surface area contributed by atoms with Crippen LogP contribution >= 0.6 is 0 Å². The van der Waals surface area contributed by atoms with Gasteiger partial charge in [-0.05, 0) is 99.1 Å². The Bertz CT molecular complexity index is 1240. The number of hydrogen-bond donors (Lipinski definition) is 1. The maximum atomic E-state index is 12.4. The van der Waals surface area contributed by atoms with Crippen molar-refractivity contribution in [3.8, 4) is 0 Å². The van der Waals surface area contributed by atoms with Crippen LogP contribution in [0.4, 0.5) is 5.69 Å². The topological polar surface area (TPSA) is 85.2 Å². The third-order valence-electron chi connectivity index (χ3n) is 7.78. The van der Waals surface area contributed by atoms with Crippen molar-refractivity contribution in [2.24, 2.45) is 16.0 Å². The Kier molecular flexibility index (Phi) is 7.19. The van der Waals surface area contributed by atoms with Crippen molar-refractivity contribution >= 4 is 11.6 Å². The average Bonchev–Trinajstić information content (AvgIpc) is 3.60. The third kappa shape index (κ3) is 5.85.